The number of benzene rings is 1. The molecule has 2 aromatic rings. The summed E-state index contributed by atoms with van der Waals surface area (Å²) in [5.41, 5.74) is 1.42. The number of urea groups is 1. The Morgan fingerprint density at radius 3 is 2.59 bits per heavy atom. The van der Waals surface area contributed by atoms with Crippen molar-refractivity contribution in [2.75, 3.05) is 39.3 Å². The minimum atomic E-state index is -0.810. The van der Waals surface area contributed by atoms with Gasteiger partial charge in [-0.05, 0) is 43.8 Å². The van der Waals surface area contributed by atoms with E-state index in [9.17, 15) is 14.4 Å². The summed E-state index contributed by atoms with van der Waals surface area (Å²) < 4.78 is 5.44. The number of thiophene rings is 1. The molecule has 1 fully saturated rings. The quantitative estimate of drug-likeness (QED) is 0.488. The molecule has 0 spiro atoms. The molecule has 2 atom stereocenters. The first kappa shape index (κ1) is 27.4. The number of nitrogens with zero attached hydrogens (tertiary/aromatic N) is 3. The van der Waals surface area contributed by atoms with Crippen molar-refractivity contribution in [1.29, 1.82) is 0 Å². The van der Waals surface area contributed by atoms with E-state index in [0.717, 1.165) is 4.88 Å². The maximum absolute atomic E-state index is 13.3. The Labute approximate surface area is 230 Å². The lowest BCUT2D eigenvalue weighted by atomic mass is 9.93. The predicted molar refractivity (Wildman–Crippen MR) is 145 cm³/mol. The number of piperazine rings is 1. The summed E-state index contributed by atoms with van der Waals surface area (Å²) >= 11 is 14.2. The van der Waals surface area contributed by atoms with Gasteiger partial charge in [0.1, 0.15) is 0 Å². The largest absolute Gasteiger partial charge is 0.463 e. The van der Waals surface area contributed by atoms with Crippen molar-refractivity contribution < 1.29 is 19.1 Å². The minimum Gasteiger partial charge on any atom is -0.463 e. The zero-order chi connectivity index (χ0) is 26.7. The summed E-state index contributed by atoms with van der Waals surface area (Å²) in [6.07, 6.45) is 0. The standard InChI is InChI=1S/C26H30Cl2N4O4S/c1-4-31-19(15-30-11-12-32(16(3)14-30)24(33)20-10-7-13-37-20)21(25(34)36-5-2)23(29-26(31)35)17-8-6-9-18(27)22(17)28/h6-10,13,16,23H,4-5,11-12,14-15H2,1-3H3,(H,29,35)/t16-,23+/m1/s1. The van der Waals surface area contributed by atoms with Crippen LogP contribution in [0.5, 0.6) is 0 Å². The van der Waals surface area contributed by atoms with Crippen molar-refractivity contribution >= 4 is 52.4 Å². The lowest BCUT2D eigenvalue weighted by Gasteiger charge is -2.42. The van der Waals surface area contributed by atoms with E-state index < -0.39 is 12.0 Å². The summed E-state index contributed by atoms with van der Waals surface area (Å²) in [4.78, 5) is 45.8. The summed E-state index contributed by atoms with van der Waals surface area (Å²) in [5, 5.41) is 5.42. The Morgan fingerprint density at radius 1 is 1.16 bits per heavy atom. The third kappa shape index (κ3) is 5.65. The van der Waals surface area contributed by atoms with Crippen molar-refractivity contribution in [2.24, 2.45) is 0 Å². The number of likely N-dealkylation sites (N-methyl/N-ethyl adjacent to an activating group) is 1. The van der Waals surface area contributed by atoms with Crippen LogP contribution in [0.3, 0.4) is 0 Å². The van der Waals surface area contributed by atoms with Gasteiger partial charge in [0.2, 0.25) is 0 Å². The fourth-order valence-electron chi connectivity index (χ4n) is 4.87. The molecule has 0 aliphatic carbocycles. The van der Waals surface area contributed by atoms with E-state index >= 15 is 0 Å². The molecule has 37 heavy (non-hydrogen) atoms. The van der Waals surface area contributed by atoms with Gasteiger partial charge < -0.3 is 15.0 Å². The molecule has 198 valence electrons. The lowest BCUT2D eigenvalue weighted by Crippen LogP contribution is -2.56. The van der Waals surface area contributed by atoms with Gasteiger partial charge in [0.05, 0.1) is 33.1 Å². The van der Waals surface area contributed by atoms with Gasteiger partial charge in [0.15, 0.2) is 0 Å². The molecule has 0 bridgehead atoms. The van der Waals surface area contributed by atoms with Crippen molar-refractivity contribution in [3.8, 4) is 0 Å². The molecule has 0 unspecified atom stereocenters. The average Bonchev–Trinajstić information content (AvgIpc) is 3.40. The molecule has 1 saturated heterocycles. The van der Waals surface area contributed by atoms with E-state index in [1.165, 1.54) is 11.3 Å². The SMILES string of the molecule is CCOC(=O)C1=C(CN2CCN(C(=O)c3cccs3)[C@H](C)C2)N(CC)C(=O)N[C@H]1c1cccc(Cl)c1Cl. The highest BCUT2D eigenvalue weighted by molar-refractivity contribution is 7.12. The number of halogens is 2. The molecule has 3 amide bonds. The van der Waals surface area contributed by atoms with Crippen LogP contribution >= 0.6 is 34.5 Å². The van der Waals surface area contributed by atoms with Crippen molar-refractivity contribution in [1.82, 2.24) is 20.0 Å². The van der Waals surface area contributed by atoms with Gasteiger partial charge >= 0.3 is 12.0 Å². The number of esters is 1. The fourth-order valence-corrected chi connectivity index (χ4v) is 5.96. The number of hydrogen-bond acceptors (Lipinski definition) is 6. The second-order valence-corrected chi connectivity index (χ2v) is 10.6. The molecule has 4 rings (SSSR count). The highest BCUT2D eigenvalue weighted by Gasteiger charge is 2.40. The molecule has 3 heterocycles. The molecule has 0 radical (unpaired) electrons. The molecule has 1 aromatic heterocycles. The topological polar surface area (TPSA) is 82.2 Å². The number of carbonyl (C=O) groups is 3. The fraction of sp³-hybridized carbons (Fsp3) is 0.423. The van der Waals surface area contributed by atoms with Crippen LogP contribution in [0, 0.1) is 0 Å². The van der Waals surface area contributed by atoms with E-state index in [4.69, 9.17) is 27.9 Å². The first-order valence-electron chi connectivity index (χ1n) is 12.3. The van der Waals surface area contributed by atoms with E-state index in [1.54, 1.807) is 30.0 Å². The summed E-state index contributed by atoms with van der Waals surface area (Å²) in [6, 6.07) is 7.66. The van der Waals surface area contributed by atoms with Crippen molar-refractivity contribution in [3.63, 3.8) is 0 Å². The second kappa shape index (κ2) is 11.9. The van der Waals surface area contributed by atoms with Gasteiger partial charge in [0, 0.05) is 44.5 Å². The lowest BCUT2D eigenvalue weighted by molar-refractivity contribution is -0.139. The molecule has 1 N–H and O–H groups in total. The summed E-state index contributed by atoms with van der Waals surface area (Å²) in [5.74, 6) is -0.493. The Morgan fingerprint density at radius 2 is 1.95 bits per heavy atom. The van der Waals surface area contributed by atoms with Crippen molar-refractivity contribution in [2.45, 2.75) is 32.9 Å². The van der Waals surface area contributed by atoms with Crippen LogP contribution in [-0.2, 0) is 9.53 Å². The molecule has 2 aliphatic rings. The highest BCUT2D eigenvalue weighted by Crippen LogP contribution is 2.38. The second-order valence-electron chi connectivity index (χ2n) is 8.91. The summed E-state index contributed by atoms with van der Waals surface area (Å²) in [7, 11) is 0. The number of amides is 3. The van der Waals surface area contributed by atoms with Crippen LogP contribution in [0.15, 0.2) is 47.0 Å². The van der Waals surface area contributed by atoms with Crippen LogP contribution in [-0.4, -0.2) is 78.0 Å². The molecule has 11 heteroatoms. The number of ether oxygens (including phenoxy) is 1. The van der Waals surface area contributed by atoms with Crippen LogP contribution < -0.4 is 5.32 Å². The van der Waals surface area contributed by atoms with Crippen LogP contribution in [0.2, 0.25) is 10.0 Å². The number of carbonyl (C=O) groups excluding carboxylic acids is 3. The predicted octanol–water partition coefficient (Wildman–Crippen LogP) is 4.80. The maximum Gasteiger partial charge on any atom is 0.338 e. The van der Waals surface area contributed by atoms with Crippen LogP contribution in [0.25, 0.3) is 0 Å². The van der Waals surface area contributed by atoms with Gasteiger partial charge in [-0.25, -0.2) is 9.59 Å². The Balaban J connectivity index is 1.67. The van der Waals surface area contributed by atoms with Crippen molar-refractivity contribution in [3.05, 3.63) is 67.5 Å². The first-order valence-corrected chi connectivity index (χ1v) is 13.9. The first-order chi connectivity index (χ1) is 17.8. The molecule has 0 saturated carbocycles. The van der Waals surface area contributed by atoms with Gasteiger partial charge in [-0.3, -0.25) is 14.6 Å². The smallest absolute Gasteiger partial charge is 0.338 e. The number of hydrogen-bond donors (Lipinski definition) is 1. The Kier molecular flexibility index (Phi) is 8.79. The number of nitrogens with one attached hydrogen (secondary N) is 1. The van der Waals surface area contributed by atoms with Gasteiger partial charge in [-0.1, -0.05) is 41.4 Å². The third-order valence-electron chi connectivity index (χ3n) is 6.62. The van der Waals surface area contributed by atoms with E-state index in [-0.39, 0.29) is 29.6 Å². The Hall–Kier alpha value is -2.59. The molecule has 8 nitrogen and oxygen atoms in total. The van der Waals surface area contributed by atoms with Gasteiger partial charge in [-0.15, -0.1) is 11.3 Å². The maximum atomic E-state index is 13.3. The monoisotopic (exact) mass is 564 g/mol. The van der Waals surface area contributed by atoms with Crippen LogP contribution in [0.4, 0.5) is 4.79 Å². The molecule has 1 aromatic carbocycles. The average molecular weight is 566 g/mol. The van der Waals surface area contributed by atoms with Crippen LogP contribution in [0.1, 0.15) is 42.0 Å². The zero-order valence-corrected chi connectivity index (χ0v) is 23.3. The van der Waals surface area contributed by atoms with Gasteiger partial charge in [-0.2, -0.15) is 0 Å². The van der Waals surface area contributed by atoms with Gasteiger partial charge in [0.25, 0.3) is 5.91 Å². The molecular weight excluding hydrogens is 535 g/mol. The van der Waals surface area contributed by atoms with E-state index in [2.05, 4.69) is 10.2 Å². The molecule has 2 aliphatic heterocycles. The minimum absolute atomic E-state index is 0.0245. The Bertz CT molecular complexity index is 1200. The number of rotatable bonds is 7. The third-order valence-corrected chi connectivity index (χ3v) is 8.31. The normalized spacial score (nSPS) is 20.7. The highest BCUT2D eigenvalue weighted by atomic mass is 35.5. The van der Waals surface area contributed by atoms with E-state index in [0.29, 0.717) is 54.6 Å². The molecular formula is C26H30Cl2N4O4S. The zero-order valence-electron chi connectivity index (χ0n) is 21.0. The summed E-state index contributed by atoms with van der Waals surface area (Å²) in [6.45, 7) is 8.24. The van der Waals surface area contributed by atoms with E-state index in [1.807, 2.05) is 36.3 Å².